The summed E-state index contributed by atoms with van der Waals surface area (Å²) in [5.74, 6) is 0.911. The molecule has 0 unspecified atom stereocenters. The van der Waals surface area contributed by atoms with Crippen LogP contribution in [0, 0.1) is 11.7 Å². The molecule has 0 saturated heterocycles. The Morgan fingerprint density at radius 2 is 2.14 bits per heavy atom. The molecule has 6 heteroatoms. The van der Waals surface area contributed by atoms with Crippen molar-refractivity contribution in [3.8, 4) is 5.75 Å². The first kappa shape index (κ1) is 16.7. The molecule has 0 atom stereocenters. The molecule has 1 aromatic heterocycles. The van der Waals surface area contributed by atoms with Gasteiger partial charge in [-0.15, -0.1) is 0 Å². The number of hydrogen-bond acceptors (Lipinski definition) is 4. The zero-order chi connectivity index (χ0) is 16.1. The van der Waals surface area contributed by atoms with Gasteiger partial charge < -0.3 is 9.30 Å². The quantitative estimate of drug-likeness (QED) is 0.734. The van der Waals surface area contributed by atoms with E-state index in [1.807, 2.05) is 34.5 Å². The molecule has 0 bridgehead atoms. The van der Waals surface area contributed by atoms with E-state index in [0.29, 0.717) is 19.3 Å². The van der Waals surface area contributed by atoms with Crippen LogP contribution in [0.25, 0.3) is 0 Å². The summed E-state index contributed by atoms with van der Waals surface area (Å²) in [6.45, 7) is 8.37. The monoisotopic (exact) mass is 320 g/mol. The number of benzene rings is 1. The number of rotatable bonds is 7. The van der Waals surface area contributed by atoms with Crippen molar-refractivity contribution < 1.29 is 4.74 Å². The van der Waals surface area contributed by atoms with Gasteiger partial charge in [0.25, 0.3) is 0 Å². The van der Waals surface area contributed by atoms with Gasteiger partial charge in [0.2, 0.25) is 0 Å². The number of likely N-dealkylation sites (N-methyl/N-ethyl adjacent to an activating group) is 1. The lowest BCUT2D eigenvalue weighted by Crippen LogP contribution is -2.27. The molecule has 0 amide bonds. The summed E-state index contributed by atoms with van der Waals surface area (Å²) in [5, 5.41) is 4.35. The standard InChI is InChI=1S/C16H24N4OS/c1-13(2)19-11-17-20(16(19)22)12-18(4)8-9-21-15-7-5-6-14(3)10-15/h5-7,10-11,13H,8-9,12H2,1-4H3. The Kier molecular flexibility index (Phi) is 5.74. The van der Waals surface area contributed by atoms with E-state index >= 15 is 0 Å². The first-order valence-corrected chi connectivity index (χ1v) is 7.90. The molecule has 120 valence electrons. The van der Waals surface area contributed by atoms with Crippen molar-refractivity contribution in [1.82, 2.24) is 19.2 Å². The van der Waals surface area contributed by atoms with Crippen molar-refractivity contribution >= 4 is 12.2 Å². The Balaban J connectivity index is 1.83. The van der Waals surface area contributed by atoms with E-state index in [0.717, 1.165) is 17.1 Å². The van der Waals surface area contributed by atoms with Crippen molar-refractivity contribution in [2.75, 3.05) is 20.2 Å². The van der Waals surface area contributed by atoms with Crippen molar-refractivity contribution in [1.29, 1.82) is 0 Å². The maximum atomic E-state index is 5.77. The van der Waals surface area contributed by atoms with Gasteiger partial charge in [-0.1, -0.05) is 12.1 Å². The minimum absolute atomic E-state index is 0.330. The third-order valence-corrected chi connectivity index (χ3v) is 3.84. The number of hydrogen-bond donors (Lipinski definition) is 0. The van der Waals surface area contributed by atoms with Gasteiger partial charge in [0.15, 0.2) is 4.77 Å². The maximum Gasteiger partial charge on any atom is 0.199 e. The third kappa shape index (κ3) is 4.42. The second-order valence-electron chi connectivity index (χ2n) is 5.80. The average molecular weight is 320 g/mol. The van der Waals surface area contributed by atoms with E-state index in [1.54, 1.807) is 6.33 Å². The topological polar surface area (TPSA) is 35.2 Å². The van der Waals surface area contributed by atoms with E-state index in [-0.39, 0.29) is 0 Å². The predicted molar refractivity (Wildman–Crippen MR) is 90.7 cm³/mol. The van der Waals surface area contributed by atoms with Crippen LogP contribution >= 0.6 is 12.2 Å². The Morgan fingerprint density at radius 3 is 2.77 bits per heavy atom. The van der Waals surface area contributed by atoms with Gasteiger partial charge in [-0.3, -0.25) is 4.90 Å². The molecule has 2 rings (SSSR count). The van der Waals surface area contributed by atoms with E-state index < -0.39 is 0 Å². The maximum absolute atomic E-state index is 5.77. The van der Waals surface area contributed by atoms with Crippen LogP contribution in [0.3, 0.4) is 0 Å². The molecule has 0 N–H and O–H groups in total. The van der Waals surface area contributed by atoms with E-state index in [2.05, 4.69) is 36.8 Å². The fraction of sp³-hybridized carbons (Fsp3) is 0.500. The van der Waals surface area contributed by atoms with Crippen LogP contribution in [-0.2, 0) is 6.67 Å². The molecule has 0 spiro atoms. The number of aryl methyl sites for hydroxylation is 1. The lowest BCUT2D eigenvalue weighted by Gasteiger charge is -2.17. The van der Waals surface area contributed by atoms with Crippen molar-refractivity contribution in [3.63, 3.8) is 0 Å². The first-order chi connectivity index (χ1) is 10.5. The minimum Gasteiger partial charge on any atom is -0.492 e. The van der Waals surface area contributed by atoms with Gasteiger partial charge in [-0.05, 0) is 57.7 Å². The molecular formula is C16H24N4OS. The van der Waals surface area contributed by atoms with Crippen LogP contribution in [0.1, 0.15) is 25.5 Å². The highest BCUT2D eigenvalue weighted by molar-refractivity contribution is 7.71. The highest BCUT2D eigenvalue weighted by Gasteiger charge is 2.07. The zero-order valence-electron chi connectivity index (χ0n) is 13.7. The second kappa shape index (κ2) is 7.56. The predicted octanol–water partition coefficient (Wildman–Crippen LogP) is 3.27. The fourth-order valence-corrected chi connectivity index (χ4v) is 2.49. The lowest BCUT2D eigenvalue weighted by molar-refractivity contribution is 0.197. The van der Waals surface area contributed by atoms with Gasteiger partial charge in [0.05, 0.1) is 6.67 Å². The van der Waals surface area contributed by atoms with E-state index in [1.165, 1.54) is 5.56 Å². The summed E-state index contributed by atoms with van der Waals surface area (Å²) in [6.07, 6.45) is 1.80. The molecule has 22 heavy (non-hydrogen) atoms. The van der Waals surface area contributed by atoms with Crippen LogP contribution in [-0.4, -0.2) is 39.4 Å². The SMILES string of the molecule is Cc1cccc(OCCN(C)Cn2ncn(C(C)C)c2=S)c1. The molecule has 0 aliphatic rings. The Bertz CT molecular complexity index is 662. The van der Waals surface area contributed by atoms with Crippen molar-refractivity contribution in [2.45, 2.75) is 33.5 Å². The summed E-state index contributed by atoms with van der Waals surface area (Å²) >= 11 is 5.43. The summed E-state index contributed by atoms with van der Waals surface area (Å²) in [6, 6.07) is 8.42. The molecule has 0 saturated carbocycles. The van der Waals surface area contributed by atoms with Crippen LogP contribution in [0.15, 0.2) is 30.6 Å². The Hall–Kier alpha value is -1.66. The summed E-state index contributed by atoms with van der Waals surface area (Å²) < 4.78 is 10.3. The van der Waals surface area contributed by atoms with Gasteiger partial charge in [-0.25, -0.2) is 4.68 Å². The van der Waals surface area contributed by atoms with Crippen LogP contribution < -0.4 is 4.74 Å². The fourth-order valence-electron chi connectivity index (χ4n) is 2.13. The Labute approximate surface area is 137 Å². The number of nitrogens with zero attached hydrogens (tertiary/aromatic N) is 4. The molecule has 1 aromatic carbocycles. The molecule has 0 aliphatic heterocycles. The molecule has 5 nitrogen and oxygen atoms in total. The van der Waals surface area contributed by atoms with Gasteiger partial charge in [0.1, 0.15) is 18.7 Å². The van der Waals surface area contributed by atoms with E-state index in [9.17, 15) is 0 Å². The average Bonchev–Trinajstić information content (AvgIpc) is 2.80. The third-order valence-electron chi connectivity index (χ3n) is 3.42. The van der Waals surface area contributed by atoms with Gasteiger partial charge in [0, 0.05) is 12.6 Å². The summed E-state index contributed by atoms with van der Waals surface area (Å²) in [5.41, 5.74) is 1.20. The normalized spacial score (nSPS) is 11.4. The minimum atomic E-state index is 0.330. The van der Waals surface area contributed by atoms with Crippen molar-refractivity contribution in [2.24, 2.45) is 0 Å². The van der Waals surface area contributed by atoms with E-state index in [4.69, 9.17) is 17.0 Å². The Morgan fingerprint density at radius 1 is 1.36 bits per heavy atom. The molecule has 1 heterocycles. The zero-order valence-corrected chi connectivity index (χ0v) is 14.5. The molecule has 0 fully saturated rings. The smallest absolute Gasteiger partial charge is 0.199 e. The summed E-state index contributed by atoms with van der Waals surface area (Å²) in [4.78, 5) is 2.14. The van der Waals surface area contributed by atoms with Gasteiger partial charge in [-0.2, -0.15) is 5.10 Å². The molecule has 0 radical (unpaired) electrons. The molecule has 2 aromatic rings. The highest BCUT2D eigenvalue weighted by atomic mass is 32.1. The van der Waals surface area contributed by atoms with Crippen molar-refractivity contribution in [3.05, 3.63) is 40.9 Å². The highest BCUT2D eigenvalue weighted by Crippen LogP contribution is 2.12. The molecular weight excluding hydrogens is 296 g/mol. The van der Waals surface area contributed by atoms with Crippen LogP contribution in [0.5, 0.6) is 5.75 Å². The van der Waals surface area contributed by atoms with Crippen LogP contribution in [0.4, 0.5) is 0 Å². The van der Waals surface area contributed by atoms with Gasteiger partial charge >= 0.3 is 0 Å². The molecule has 0 aliphatic carbocycles. The second-order valence-corrected chi connectivity index (χ2v) is 6.17. The number of ether oxygens (including phenoxy) is 1. The largest absolute Gasteiger partial charge is 0.492 e. The van der Waals surface area contributed by atoms with Crippen LogP contribution in [0.2, 0.25) is 0 Å². The lowest BCUT2D eigenvalue weighted by atomic mass is 10.2. The summed E-state index contributed by atoms with van der Waals surface area (Å²) in [7, 11) is 2.04. The first-order valence-electron chi connectivity index (χ1n) is 7.49. The number of aromatic nitrogens is 3.